The molecule has 0 saturated heterocycles. The van der Waals surface area contributed by atoms with E-state index in [0.29, 0.717) is 49.2 Å². The minimum absolute atomic E-state index is 0.178. The van der Waals surface area contributed by atoms with Gasteiger partial charge in [-0.15, -0.1) is 0 Å². The van der Waals surface area contributed by atoms with Gasteiger partial charge in [0, 0.05) is 18.7 Å². The molecule has 0 fully saturated rings. The Morgan fingerprint density at radius 1 is 0.839 bits per heavy atom. The van der Waals surface area contributed by atoms with Gasteiger partial charge in [0.05, 0.1) is 19.8 Å². The highest BCUT2D eigenvalue weighted by atomic mass is 16.5. The summed E-state index contributed by atoms with van der Waals surface area (Å²) in [6, 6.07) is 11.7. The maximum Gasteiger partial charge on any atom is 0.251 e. The van der Waals surface area contributed by atoms with Gasteiger partial charge in [0.25, 0.3) is 5.91 Å². The molecule has 0 aliphatic carbocycles. The van der Waals surface area contributed by atoms with Crippen LogP contribution in [0.25, 0.3) is 0 Å². The van der Waals surface area contributed by atoms with Crippen molar-refractivity contribution in [1.29, 1.82) is 0 Å². The van der Waals surface area contributed by atoms with Crippen LogP contribution in [-0.2, 0) is 13.1 Å². The summed E-state index contributed by atoms with van der Waals surface area (Å²) in [4.78, 5) is 15.3. The molecule has 6 nitrogen and oxygen atoms in total. The normalized spacial score (nSPS) is 10.8. The largest absolute Gasteiger partial charge is 0.490 e. The van der Waals surface area contributed by atoms with E-state index in [0.717, 1.165) is 25.2 Å². The summed E-state index contributed by atoms with van der Waals surface area (Å²) in [5.74, 6) is 1.39. The molecule has 0 bridgehead atoms. The van der Waals surface area contributed by atoms with Crippen molar-refractivity contribution in [1.82, 2.24) is 10.2 Å². The summed E-state index contributed by atoms with van der Waals surface area (Å²) in [7, 11) is 0. The Hall–Kier alpha value is -2.73. The van der Waals surface area contributed by atoms with Crippen LogP contribution in [0.3, 0.4) is 0 Å². The van der Waals surface area contributed by atoms with E-state index in [9.17, 15) is 4.79 Å². The lowest BCUT2D eigenvalue weighted by atomic mass is 10.1. The van der Waals surface area contributed by atoms with Crippen LogP contribution in [0.5, 0.6) is 17.2 Å². The summed E-state index contributed by atoms with van der Waals surface area (Å²) in [5, 5.41) is 3.05. The quantitative estimate of drug-likeness (QED) is 0.503. The fourth-order valence-corrected chi connectivity index (χ4v) is 3.37. The molecular formula is C25H36N2O4. The zero-order valence-electron chi connectivity index (χ0n) is 19.5. The standard InChI is InChI=1S/C25H36N2O4/c1-6-27(7-2)18-20-14-12-11-13-19(20)17-26-25(28)21-15-22(29-8-3)24(31-10-5)23(16-21)30-9-4/h11-16H,6-10,17-18H2,1-5H3,(H,26,28). The first kappa shape index (κ1) is 24.5. The maximum atomic E-state index is 13.0. The zero-order valence-corrected chi connectivity index (χ0v) is 19.5. The maximum absolute atomic E-state index is 13.0. The van der Waals surface area contributed by atoms with Crippen LogP contribution in [0.4, 0.5) is 0 Å². The summed E-state index contributed by atoms with van der Waals surface area (Å²) in [5.41, 5.74) is 2.82. The van der Waals surface area contributed by atoms with E-state index in [1.54, 1.807) is 12.1 Å². The smallest absolute Gasteiger partial charge is 0.251 e. The predicted octanol–water partition coefficient (Wildman–Crippen LogP) is 4.65. The van der Waals surface area contributed by atoms with Gasteiger partial charge in [0.15, 0.2) is 11.5 Å². The number of nitrogens with one attached hydrogen (secondary N) is 1. The first-order valence-electron chi connectivity index (χ1n) is 11.2. The highest BCUT2D eigenvalue weighted by Gasteiger charge is 2.18. The number of rotatable bonds is 13. The minimum atomic E-state index is -0.178. The molecule has 0 aromatic heterocycles. The van der Waals surface area contributed by atoms with Gasteiger partial charge in [0.1, 0.15) is 0 Å². The lowest BCUT2D eigenvalue weighted by Gasteiger charge is -2.20. The second-order valence-corrected chi connectivity index (χ2v) is 7.01. The molecule has 0 aliphatic rings. The minimum Gasteiger partial charge on any atom is -0.490 e. The molecule has 0 spiro atoms. The first-order valence-corrected chi connectivity index (χ1v) is 11.2. The van der Waals surface area contributed by atoms with Gasteiger partial charge in [-0.3, -0.25) is 9.69 Å². The van der Waals surface area contributed by atoms with E-state index in [1.807, 2.05) is 32.9 Å². The SMILES string of the molecule is CCOc1cc(C(=O)NCc2ccccc2CN(CC)CC)cc(OCC)c1OCC. The van der Waals surface area contributed by atoms with Crippen molar-refractivity contribution < 1.29 is 19.0 Å². The molecule has 0 atom stereocenters. The van der Waals surface area contributed by atoms with E-state index in [1.165, 1.54) is 5.56 Å². The lowest BCUT2D eigenvalue weighted by molar-refractivity contribution is 0.0949. The molecule has 0 radical (unpaired) electrons. The van der Waals surface area contributed by atoms with Crippen molar-refractivity contribution in [3.63, 3.8) is 0 Å². The van der Waals surface area contributed by atoms with Crippen LogP contribution in [0.1, 0.15) is 56.1 Å². The Morgan fingerprint density at radius 3 is 1.90 bits per heavy atom. The number of benzene rings is 2. The van der Waals surface area contributed by atoms with Gasteiger partial charge in [-0.2, -0.15) is 0 Å². The summed E-state index contributed by atoms with van der Waals surface area (Å²) < 4.78 is 17.2. The van der Waals surface area contributed by atoms with Crippen molar-refractivity contribution in [2.24, 2.45) is 0 Å². The van der Waals surface area contributed by atoms with Gasteiger partial charge >= 0.3 is 0 Å². The summed E-state index contributed by atoms with van der Waals surface area (Å²) in [6.07, 6.45) is 0. The van der Waals surface area contributed by atoms with Crippen LogP contribution in [-0.4, -0.2) is 43.7 Å². The van der Waals surface area contributed by atoms with Crippen LogP contribution in [0.15, 0.2) is 36.4 Å². The van der Waals surface area contributed by atoms with E-state index in [-0.39, 0.29) is 5.91 Å². The van der Waals surface area contributed by atoms with Crippen molar-refractivity contribution in [2.45, 2.75) is 47.7 Å². The van der Waals surface area contributed by atoms with Crippen molar-refractivity contribution in [2.75, 3.05) is 32.9 Å². The van der Waals surface area contributed by atoms with E-state index >= 15 is 0 Å². The van der Waals surface area contributed by atoms with Crippen LogP contribution in [0, 0.1) is 0 Å². The predicted molar refractivity (Wildman–Crippen MR) is 124 cm³/mol. The van der Waals surface area contributed by atoms with Crippen molar-refractivity contribution >= 4 is 5.91 Å². The molecule has 0 unspecified atom stereocenters. The molecule has 0 saturated carbocycles. The third-order valence-electron chi connectivity index (χ3n) is 5.02. The van der Waals surface area contributed by atoms with E-state index in [4.69, 9.17) is 14.2 Å². The number of carbonyl (C=O) groups is 1. The van der Waals surface area contributed by atoms with Crippen LogP contribution < -0.4 is 19.5 Å². The molecule has 1 N–H and O–H groups in total. The molecule has 170 valence electrons. The molecule has 2 aromatic rings. The molecule has 2 aromatic carbocycles. The number of hydrogen-bond donors (Lipinski definition) is 1. The van der Waals surface area contributed by atoms with E-state index < -0.39 is 0 Å². The second-order valence-electron chi connectivity index (χ2n) is 7.01. The topological polar surface area (TPSA) is 60.0 Å². The number of hydrogen-bond acceptors (Lipinski definition) is 5. The number of nitrogens with zero attached hydrogens (tertiary/aromatic N) is 1. The average molecular weight is 429 g/mol. The van der Waals surface area contributed by atoms with Gasteiger partial charge < -0.3 is 19.5 Å². The Balaban J connectivity index is 2.22. The van der Waals surface area contributed by atoms with Crippen LogP contribution >= 0.6 is 0 Å². The van der Waals surface area contributed by atoms with Gasteiger partial charge in [0.2, 0.25) is 5.75 Å². The summed E-state index contributed by atoms with van der Waals surface area (Å²) >= 11 is 0. The molecular weight excluding hydrogens is 392 g/mol. The average Bonchev–Trinajstić information content (AvgIpc) is 2.78. The number of carbonyl (C=O) groups excluding carboxylic acids is 1. The Bertz CT molecular complexity index is 807. The Morgan fingerprint density at radius 2 is 1.39 bits per heavy atom. The number of ether oxygens (including phenoxy) is 3. The molecule has 31 heavy (non-hydrogen) atoms. The highest BCUT2D eigenvalue weighted by Crippen LogP contribution is 2.39. The third kappa shape index (κ3) is 6.89. The zero-order chi connectivity index (χ0) is 22.6. The molecule has 6 heteroatoms. The molecule has 2 rings (SSSR count). The van der Waals surface area contributed by atoms with Crippen molar-refractivity contribution in [3.05, 3.63) is 53.1 Å². The fraction of sp³-hybridized carbons (Fsp3) is 0.480. The fourth-order valence-electron chi connectivity index (χ4n) is 3.37. The number of amides is 1. The molecule has 0 aliphatic heterocycles. The van der Waals surface area contributed by atoms with Crippen molar-refractivity contribution in [3.8, 4) is 17.2 Å². The first-order chi connectivity index (χ1) is 15.1. The van der Waals surface area contributed by atoms with Crippen LogP contribution in [0.2, 0.25) is 0 Å². The Kier molecular flexibility index (Phi) is 10.2. The Labute approximate surface area is 186 Å². The van der Waals surface area contributed by atoms with Gasteiger partial charge in [-0.25, -0.2) is 0 Å². The molecule has 0 heterocycles. The summed E-state index contributed by atoms with van der Waals surface area (Å²) in [6.45, 7) is 14.7. The third-order valence-corrected chi connectivity index (χ3v) is 5.02. The monoisotopic (exact) mass is 428 g/mol. The molecule has 1 amide bonds. The highest BCUT2D eigenvalue weighted by molar-refractivity contribution is 5.95. The van der Waals surface area contributed by atoms with E-state index in [2.05, 4.69) is 36.2 Å². The van der Waals surface area contributed by atoms with Gasteiger partial charge in [-0.05, 0) is 57.1 Å². The lowest BCUT2D eigenvalue weighted by Crippen LogP contribution is -2.26. The van der Waals surface area contributed by atoms with Gasteiger partial charge in [-0.1, -0.05) is 38.1 Å². The second kappa shape index (κ2) is 12.8.